The van der Waals surface area contributed by atoms with Crippen LogP contribution in [-0.2, 0) is 24.6 Å². The normalized spacial score (nSPS) is 15.1. The van der Waals surface area contributed by atoms with Gasteiger partial charge in [-0.1, -0.05) is 0 Å². The maximum Gasteiger partial charge on any atom is 0.573 e. The van der Waals surface area contributed by atoms with Gasteiger partial charge in [0.05, 0.1) is 17.1 Å². The molecular formula is C27H30F3N7O5. The third kappa shape index (κ3) is 6.19. The topological polar surface area (TPSA) is 135 Å². The van der Waals surface area contributed by atoms with Gasteiger partial charge in [0.1, 0.15) is 5.60 Å². The fraction of sp³-hybridized carbons (Fsp3) is 0.444. The molecule has 15 heteroatoms. The Balaban J connectivity index is 1.41. The lowest BCUT2D eigenvalue weighted by molar-refractivity contribution is -0.274. The number of hydrogen-bond donors (Lipinski definition) is 2. The van der Waals surface area contributed by atoms with Crippen LogP contribution in [0, 0.1) is 0 Å². The Kier molecular flexibility index (Phi) is 7.37. The van der Waals surface area contributed by atoms with Crippen molar-refractivity contribution in [3.63, 3.8) is 0 Å². The van der Waals surface area contributed by atoms with Crippen LogP contribution >= 0.6 is 0 Å². The molecule has 2 aromatic heterocycles. The van der Waals surface area contributed by atoms with E-state index in [0.29, 0.717) is 61.7 Å². The second-order valence-corrected chi connectivity index (χ2v) is 11.0. The average molecular weight is 590 g/mol. The van der Waals surface area contributed by atoms with Crippen LogP contribution in [0.5, 0.6) is 5.75 Å². The third-order valence-corrected chi connectivity index (χ3v) is 6.81. The van der Waals surface area contributed by atoms with Gasteiger partial charge in [-0.2, -0.15) is 5.10 Å². The number of ether oxygens (including phenoxy) is 2. The molecule has 0 unspecified atom stereocenters. The number of piperazine rings is 1. The van der Waals surface area contributed by atoms with E-state index in [2.05, 4.69) is 25.1 Å². The Bertz CT molecular complexity index is 1530. The number of aromatic carboxylic acids is 1. The van der Waals surface area contributed by atoms with Crippen molar-refractivity contribution in [2.24, 2.45) is 7.05 Å². The van der Waals surface area contributed by atoms with Crippen LogP contribution in [-0.4, -0.2) is 80.0 Å². The lowest BCUT2D eigenvalue weighted by atomic mass is 9.93. The number of fused-ring (bicyclic) bond motifs is 3. The first kappa shape index (κ1) is 29.0. The molecular weight excluding hydrogens is 559 g/mol. The SMILES string of the molecule is Cn1nc(C(=O)O)c2c1-c1nc(Nc3cc(N4CCN(C(=O)OC(C)(C)C)CC4)ccc3OC(F)(F)F)ncc1CC2. The molecule has 12 nitrogen and oxygen atoms in total. The molecule has 0 saturated carbocycles. The Morgan fingerprint density at radius 1 is 1.07 bits per heavy atom. The molecule has 0 spiro atoms. The summed E-state index contributed by atoms with van der Waals surface area (Å²) in [6, 6.07) is 4.23. The van der Waals surface area contributed by atoms with Crippen molar-refractivity contribution in [3.05, 3.63) is 41.2 Å². The van der Waals surface area contributed by atoms with Gasteiger partial charge in [0.2, 0.25) is 5.95 Å². The number of carbonyl (C=O) groups is 2. The highest BCUT2D eigenvalue weighted by molar-refractivity contribution is 5.90. The summed E-state index contributed by atoms with van der Waals surface area (Å²) in [4.78, 5) is 36.5. The minimum Gasteiger partial charge on any atom is -0.476 e. The number of halogens is 3. The summed E-state index contributed by atoms with van der Waals surface area (Å²) < 4.78 is 50.9. The largest absolute Gasteiger partial charge is 0.573 e. The van der Waals surface area contributed by atoms with Crippen LogP contribution in [0.2, 0.25) is 0 Å². The van der Waals surface area contributed by atoms with Crippen molar-refractivity contribution >= 4 is 29.4 Å². The zero-order valence-electron chi connectivity index (χ0n) is 23.4. The van der Waals surface area contributed by atoms with E-state index in [0.717, 1.165) is 5.56 Å². The van der Waals surface area contributed by atoms with Gasteiger partial charge in [-0.05, 0) is 57.4 Å². The van der Waals surface area contributed by atoms with Crippen LogP contribution in [0.1, 0.15) is 42.4 Å². The highest BCUT2D eigenvalue weighted by atomic mass is 19.4. The average Bonchev–Trinajstić information content (AvgIpc) is 3.25. The first-order chi connectivity index (χ1) is 19.7. The van der Waals surface area contributed by atoms with Crippen molar-refractivity contribution in [3.8, 4) is 17.1 Å². The molecule has 5 rings (SSSR count). The predicted octanol–water partition coefficient (Wildman–Crippen LogP) is 4.37. The van der Waals surface area contributed by atoms with E-state index in [1.165, 1.54) is 22.9 Å². The number of rotatable bonds is 5. The summed E-state index contributed by atoms with van der Waals surface area (Å²) in [7, 11) is 1.61. The molecule has 0 bridgehead atoms. The Hall–Kier alpha value is -4.56. The summed E-state index contributed by atoms with van der Waals surface area (Å²) in [6.07, 6.45) is -2.87. The number of anilines is 3. The summed E-state index contributed by atoms with van der Waals surface area (Å²) >= 11 is 0. The zero-order chi connectivity index (χ0) is 30.4. The molecule has 2 aliphatic rings. The van der Waals surface area contributed by atoms with Gasteiger partial charge in [-0.15, -0.1) is 13.2 Å². The third-order valence-electron chi connectivity index (χ3n) is 6.81. The number of carbonyl (C=O) groups excluding carboxylic acids is 1. The molecule has 224 valence electrons. The van der Waals surface area contributed by atoms with E-state index in [9.17, 15) is 27.9 Å². The lowest BCUT2D eigenvalue weighted by Crippen LogP contribution is -2.50. The van der Waals surface area contributed by atoms with Gasteiger partial charge in [-0.25, -0.2) is 19.6 Å². The van der Waals surface area contributed by atoms with Crippen LogP contribution in [0.15, 0.2) is 24.4 Å². The van der Waals surface area contributed by atoms with E-state index >= 15 is 0 Å². The minimum absolute atomic E-state index is 0.00130. The van der Waals surface area contributed by atoms with Gasteiger partial charge in [-0.3, -0.25) is 4.68 Å². The summed E-state index contributed by atoms with van der Waals surface area (Å²) in [5, 5.41) is 16.5. The van der Waals surface area contributed by atoms with Crippen molar-refractivity contribution in [1.82, 2.24) is 24.6 Å². The predicted molar refractivity (Wildman–Crippen MR) is 145 cm³/mol. The molecule has 2 N–H and O–H groups in total. The van der Waals surface area contributed by atoms with Crippen molar-refractivity contribution in [1.29, 1.82) is 0 Å². The Morgan fingerprint density at radius 2 is 1.79 bits per heavy atom. The molecule has 1 aliphatic heterocycles. The number of aryl methyl sites for hydroxylation is 2. The number of carboxylic acids is 1. The maximum atomic E-state index is 13.3. The number of nitrogens with zero attached hydrogens (tertiary/aromatic N) is 6. The molecule has 1 aromatic carbocycles. The molecule has 3 aromatic rings. The number of carboxylic acid groups (broad SMARTS) is 1. The van der Waals surface area contributed by atoms with Gasteiger partial charge in [0.15, 0.2) is 11.4 Å². The van der Waals surface area contributed by atoms with Crippen LogP contribution in [0.3, 0.4) is 0 Å². The van der Waals surface area contributed by atoms with E-state index in [1.54, 1.807) is 38.9 Å². The molecule has 42 heavy (non-hydrogen) atoms. The quantitative estimate of drug-likeness (QED) is 0.442. The summed E-state index contributed by atoms with van der Waals surface area (Å²) in [5.41, 5.74) is 2.16. The highest BCUT2D eigenvalue weighted by Gasteiger charge is 2.33. The van der Waals surface area contributed by atoms with Gasteiger partial charge < -0.3 is 29.7 Å². The molecule has 1 saturated heterocycles. The summed E-state index contributed by atoms with van der Waals surface area (Å²) in [6.45, 7) is 6.97. The second-order valence-electron chi connectivity index (χ2n) is 11.0. The van der Waals surface area contributed by atoms with Crippen molar-refractivity contribution in [2.45, 2.75) is 45.6 Å². The monoisotopic (exact) mass is 589 g/mol. The second kappa shape index (κ2) is 10.7. The molecule has 1 fully saturated rings. The fourth-order valence-corrected chi connectivity index (χ4v) is 5.01. The molecule has 1 aliphatic carbocycles. The maximum absolute atomic E-state index is 13.3. The lowest BCUT2D eigenvalue weighted by Gasteiger charge is -2.37. The van der Waals surface area contributed by atoms with E-state index in [1.807, 2.05) is 4.90 Å². The first-order valence-corrected chi connectivity index (χ1v) is 13.2. The highest BCUT2D eigenvalue weighted by Crippen LogP contribution is 2.37. The number of nitrogens with one attached hydrogen (secondary N) is 1. The number of amides is 1. The number of alkyl halides is 3. The Morgan fingerprint density at radius 3 is 2.43 bits per heavy atom. The smallest absolute Gasteiger partial charge is 0.476 e. The first-order valence-electron chi connectivity index (χ1n) is 13.2. The van der Waals surface area contributed by atoms with Gasteiger partial charge in [0, 0.05) is 50.7 Å². The number of aromatic nitrogens is 4. The molecule has 0 atom stereocenters. The number of benzene rings is 1. The van der Waals surface area contributed by atoms with Gasteiger partial charge in [0.25, 0.3) is 0 Å². The van der Waals surface area contributed by atoms with E-state index < -0.39 is 29.8 Å². The van der Waals surface area contributed by atoms with Crippen LogP contribution in [0.25, 0.3) is 11.4 Å². The zero-order valence-corrected chi connectivity index (χ0v) is 23.4. The fourth-order valence-electron chi connectivity index (χ4n) is 5.01. The molecule has 0 radical (unpaired) electrons. The molecule has 3 heterocycles. The van der Waals surface area contributed by atoms with Crippen LogP contribution in [0.4, 0.5) is 35.3 Å². The summed E-state index contributed by atoms with van der Waals surface area (Å²) in [5.74, 6) is -1.63. The van der Waals surface area contributed by atoms with Gasteiger partial charge >= 0.3 is 18.4 Å². The minimum atomic E-state index is -4.94. The van der Waals surface area contributed by atoms with E-state index in [-0.39, 0.29) is 17.3 Å². The molecule has 1 amide bonds. The van der Waals surface area contributed by atoms with Crippen molar-refractivity contribution < 1.29 is 37.3 Å². The van der Waals surface area contributed by atoms with Crippen LogP contribution < -0.4 is 15.0 Å². The number of hydrogen-bond acceptors (Lipinski definition) is 9. The standard InChI is InChI=1S/C27H30F3N7O5/c1-26(2,3)42-25(40)37-11-9-36(10-12-37)16-6-8-19(41-27(28,29)30)18(13-16)32-24-31-14-15-5-7-17-21(23(38)39)34-35(4)22(17)20(15)33-24/h6,8,13-14H,5,7,9-12H2,1-4H3,(H,38,39)(H,31,32,33). The van der Waals surface area contributed by atoms with E-state index in [4.69, 9.17) is 4.74 Å². The van der Waals surface area contributed by atoms with Crippen molar-refractivity contribution in [2.75, 3.05) is 36.4 Å². The Labute approximate surface area is 239 Å².